The fraction of sp³-hybridized carbons (Fsp3) is 0.593. The molecular weight excluding hydrogens is 532 g/mol. The summed E-state index contributed by atoms with van der Waals surface area (Å²) >= 11 is 0. The van der Waals surface area contributed by atoms with Crippen LogP contribution >= 0.6 is 0 Å². The molecule has 1 rings (SSSR count). The standard InChI is InChI=1S/C27H46N8O6/c1-3-16(2)22(29)25(39)33-19(7-4-5-13-28)23(37)35-21(15-17-9-11-18(36)12-10-17)24(38)34-20(26(40)41)8-6-14-32-27(30)31/h9-12,16,19-22,36H,3-8,13-15,28-29H2,1-2H3,(H,33,39)(H,34,38)(H,35,37)(H,40,41)(H4,30,31,32). The molecule has 0 aliphatic carbocycles. The molecule has 0 heterocycles. The van der Waals surface area contributed by atoms with E-state index in [0.29, 0.717) is 31.4 Å². The Hall–Kier alpha value is -3.91. The van der Waals surface area contributed by atoms with Crippen molar-refractivity contribution in [2.24, 2.45) is 33.8 Å². The average molecular weight is 579 g/mol. The molecule has 0 aliphatic heterocycles. The second kappa shape index (κ2) is 18.4. The second-order valence-electron chi connectivity index (χ2n) is 10.0. The van der Waals surface area contributed by atoms with E-state index < -0.39 is 47.9 Å². The monoisotopic (exact) mass is 578 g/mol. The molecule has 1 aromatic rings. The van der Waals surface area contributed by atoms with Gasteiger partial charge in [-0.05, 0) is 62.3 Å². The van der Waals surface area contributed by atoms with E-state index in [1.165, 1.54) is 12.1 Å². The number of carbonyl (C=O) groups excluding carboxylic acids is 3. The number of nitrogens with zero attached hydrogens (tertiary/aromatic N) is 1. The van der Waals surface area contributed by atoms with Crippen LogP contribution in [-0.2, 0) is 25.6 Å². The zero-order valence-electron chi connectivity index (χ0n) is 23.8. The van der Waals surface area contributed by atoms with Gasteiger partial charge < -0.3 is 49.1 Å². The van der Waals surface area contributed by atoms with Crippen LogP contribution in [0.2, 0.25) is 0 Å². The highest BCUT2D eigenvalue weighted by Crippen LogP contribution is 2.13. The minimum Gasteiger partial charge on any atom is -0.508 e. The van der Waals surface area contributed by atoms with Gasteiger partial charge in [-0.15, -0.1) is 0 Å². The van der Waals surface area contributed by atoms with Crippen molar-refractivity contribution in [2.45, 2.75) is 83.0 Å². The van der Waals surface area contributed by atoms with Crippen molar-refractivity contribution in [2.75, 3.05) is 13.1 Å². The molecule has 3 amide bonds. The third kappa shape index (κ3) is 13.3. The third-order valence-corrected chi connectivity index (χ3v) is 6.71. The summed E-state index contributed by atoms with van der Waals surface area (Å²) < 4.78 is 0. The maximum Gasteiger partial charge on any atom is 0.326 e. The van der Waals surface area contributed by atoms with Crippen LogP contribution in [0.25, 0.3) is 0 Å². The van der Waals surface area contributed by atoms with E-state index in [0.717, 1.165) is 0 Å². The number of hydrogen-bond donors (Lipinski definition) is 9. The number of carboxylic acids is 1. The molecule has 230 valence electrons. The highest BCUT2D eigenvalue weighted by molar-refractivity contribution is 5.94. The molecule has 14 nitrogen and oxygen atoms in total. The van der Waals surface area contributed by atoms with Crippen LogP contribution < -0.4 is 38.9 Å². The van der Waals surface area contributed by atoms with Crippen molar-refractivity contribution in [3.05, 3.63) is 29.8 Å². The summed E-state index contributed by atoms with van der Waals surface area (Å²) in [6.07, 6.45) is 2.42. The lowest BCUT2D eigenvalue weighted by atomic mass is 9.98. The molecule has 0 radical (unpaired) electrons. The van der Waals surface area contributed by atoms with Gasteiger partial charge in [-0.1, -0.05) is 32.4 Å². The summed E-state index contributed by atoms with van der Waals surface area (Å²) in [5.74, 6) is -3.33. The zero-order valence-corrected chi connectivity index (χ0v) is 23.8. The van der Waals surface area contributed by atoms with Crippen molar-refractivity contribution in [1.82, 2.24) is 16.0 Å². The molecule has 0 aliphatic rings. The van der Waals surface area contributed by atoms with Gasteiger partial charge in [0.25, 0.3) is 0 Å². The van der Waals surface area contributed by atoms with Gasteiger partial charge in [0, 0.05) is 13.0 Å². The topological polar surface area (TPSA) is 261 Å². The highest BCUT2D eigenvalue weighted by atomic mass is 16.4. The van der Waals surface area contributed by atoms with E-state index >= 15 is 0 Å². The molecule has 0 saturated heterocycles. The van der Waals surface area contributed by atoms with Crippen molar-refractivity contribution < 1.29 is 29.4 Å². The van der Waals surface area contributed by atoms with Gasteiger partial charge in [0.15, 0.2) is 5.96 Å². The summed E-state index contributed by atoms with van der Waals surface area (Å²) in [7, 11) is 0. The van der Waals surface area contributed by atoms with Crippen molar-refractivity contribution in [1.29, 1.82) is 0 Å². The number of aliphatic imine (C=N–C) groups is 1. The number of unbranched alkanes of at least 4 members (excludes halogenated alkanes) is 1. The molecule has 14 heteroatoms. The normalized spacial score (nSPS) is 14.5. The predicted octanol–water partition coefficient (Wildman–Crippen LogP) is -0.970. The van der Waals surface area contributed by atoms with Gasteiger partial charge in [0.05, 0.1) is 6.04 Å². The Bertz CT molecular complexity index is 1020. The first-order chi connectivity index (χ1) is 19.4. The van der Waals surface area contributed by atoms with Crippen molar-refractivity contribution >= 4 is 29.7 Å². The zero-order chi connectivity index (χ0) is 30.9. The van der Waals surface area contributed by atoms with Crippen LogP contribution in [0.5, 0.6) is 5.75 Å². The van der Waals surface area contributed by atoms with Crippen molar-refractivity contribution in [3.63, 3.8) is 0 Å². The maximum atomic E-state index is 13.4. The van der Waals surface area contributed by atoms with Gasteiger partial charge in [-0.25, -0.2) is 4.79 Å². The quantitative estimate of drug-likeness (QED) is 0.0551. The number of carboxylic acid groups (broad SMARTS) is 1. The number of nitrogens with two attached hydrogens (primary N) is 4. The Morgan fingerprint density at radius 1 is 0.878 bits per heavy atom. The molecule has 0 saturated carbocycles. The van der Waals surface area contributed by atoms with E-state index in [9.17, 15) is 29.4 Å². The number of benzene rings is 1. The number of aliphatic carboxylic acids is 1. The van der Waals surface area contributed by atoms with Gasteiger partial charge >= 0.3 is 5.97 Å². The lowest BCUT2D eigenvalue weighted by Crippen LogP contribution is -2.58. The fourth-order valence-corrected chi connectivity index (χ4v) is 3.92. The molecule has 13 N–H and O–H groups in total. The lowest BCUT2D eigenvalue weighted by Gasteiger charge is -2.26. The maximum absolute atomic E-state index is 13.4. The molecule has 0 bridgehead atoms. The molecule has 0 aromatic heterocycles. The van der Waals surface area contributed by atoms with Crippen LogP contribution in [0, 0.1) is 5.92 Å². The second-order valence-corrected chi connectivity index (χ2v) is 10.0. The number of aromatic hydroxyl groups is 1. The van der Waals surface area contributed by atoms with Crippen LogP contribution in [0.1, 0.15) is 57.9 Å². The molecular formula is C27H46N8O6. The Morgan fingerprint density at radius 3 is 2.00 bits per heavy atom. The van der Waals surface area contributed by atoms with Crippen LogP contribution in [0.4, 0.5) is 0 Å². The molecule has 41 heavy (non-hydrogen) atoms. The number of rotatable bonds is 19. The molecule has 0 spiro atoms. The van der Waals surface area contributed by atoms with E-state index in [1.54, 1.807) is 12.1 Å². The summed E-state index contributed by atoms with van der Waals surface area (Å²) in [6.45, 7) is 4.32. The van der Waals surface area contributed by atoms with E-state index in [2.05, 4.69) is 20.9 Å². The number of carbonyl (C=O) groups is 4. The number of hydrogen-bond acceptors (Lipinski definition) is 8. The minimum absolute atomic E-state index is 0.00591. The fourth-order valence-electron chi connectivity index (χ4n) is 3.92. The van der Waals surface area contributed by atoms with E-state index in [4.69, 9.17) is 22.9 Å². The Balaban J connectivity index is 3.15. The van der Waals surface area contributed by atoms with Gasteiger partial charge in [-0.3, -0.25) is 19.4 Å². The van der Waals surface area contributed by atoms with Crippen LogP contribution in [0.3, 0.4) is 0 Å². The average Bonchev–Trinajstić information content (AvgIpc) is 2.93. The smallest absolute Gasteiger partial charge is 0.326 e. The van der Waals surface area contributed by atoms with Crippen molar-refractivity contribution in [3.8, 4) is 5.75 Å². The van der Waals surface area contributed by atoms with Gasteiger partial charge in [0.1, 0.15) is 23.9 Å². The van der Waals surface area contributed by atoms with Crippen LogP contribution in [-0.4, -0.2) is 77.1 Å². The number of phenolic OH excluding ortho intramolecular Hbond substituents is 1. The molecule has 5 unspecified atom stereocenters. The first-order valence-corrected chi connectivity index (χ1v) is 13.8. The Kier molecular flexibility index (Phi) is 15.8. The van der Waals surface area contributed by atoms with Crippen LogP contribution in [0.15, 0.2) is 29.3 Å². The summed E-state index contributed by atoms with van der Waals surface area (Å²) in [6, 6.07) is 1.76. The number of guanidine groups is 1. The molecule has 5 atom stereocenters. The lowest BCUT2D eigenvalue weighted by molar-refractivity contribution is -0.142. The number of phenols is 1. The Morgan fingerprint density at radius 2 is 1.44 bits per heavy atom. The van der Waals surface area contributed by atoms with E-state index in [-0.39, 0.29) is 49.9 Å². The first-order valence-electron chi connectivity index (χ1n) is 13.8. The third-order valence-electron chi connectivity index (χ3n) is 6.71. The van der Waals surface area contributed by atoms with Gasteiger partial charge in [-0.2, -0.15) is 0 Å². The van der Waals surface area contributed by atoms with Gasteiger partial charge in [0.2, 0.25) is 17.7 Å². The number of nitrogens with one attached hydrogen (secondary N) is 3. The number of amides is 3. The van der Waals surface area contributed by atoms with E-state index in [1.807, 2.05) is 13.8 Å². The SMILES string of the molecule is CCC(C)C(N)C(=O)NC(CCCCN)C(=O)NC(Cc1ccc(O)cc1)C(=O)NC(CCCN=C(N)N)C(=O)O. The predicted molar refractivity (Wildman–Crippen MR) is 155 cm³/mol. The molecule has 1 aromatic carbocycles. The summed E-state index contributed by atoms with van der Waals surface area (Å²) in [5, 5.41) is 27.1. The Labute approximate surface area is 240 Å². The summed E-state index contributed by atoms with van der Waals surface area (Å²) in [5.41, 5.74) is 22.9. The summed E-state index contributed by atoms with van der Waals surface area (Å²) in [4.78, 5) is 55.2. The minimum atomic E-state index is -1.26. The largest absolute Gasteiger partial charge is 0.508 e. The molecule has 0 fully saturated rings. The first kappa shape index (κ1) is 35.1. The highest BCUT2D eigenvalue weighted by Gasteiger charge is 2.31.